The predicted octanol–water partition coefficient (Wildman–Crippen LogP) is 7.76. The fourth-order valence-electron chi connectivity index (χ4n) is 7.23. The zero-order valence-electron chi connectivity index (χ0n) is 32.0. The van der Waals surface area contributed by atoms with Crippen molar-refractivity contribution in [3.63, 3.8) is 0 Å². The highest BCUT2D eigenvalue weighted by Crippen LogP contribution is 2.43. The average molecular weight is 724 g/mol. The smallest absolute Gasteiger partial charge is 0.187 e. The van der Waals surface area contributed by atoms with Gasteiger partial charge in [-0.25, -0.2) is 0 Å². The van der Waals surface area contributed by atoms with Crippen molar-refractivity contribution in [1.29, 1.82) is 0 Å². The van der Waals surface area contributed by atoms with Gasteiger partial charge in [-0.1, -0.05) is 76.1 Å². The molecular formula is C33H57N9O9. The first-order chi connectivity index (χ1) is 23.9. The lowest BCUT2D eigenvalue weighted by Crippen LogP contribution is -2.36. The highest BCUT2D eigenvalue weighted by Gasteiger charge is 2.57. The van der Waals surface area contributed by atoms with E-state index >= 15 is 0 Å². The van der Waals surface area contributed by atoms with Gasteiger partial charge in [-0.15, -0.1) is 0 Å². The van der Waals surface area contributed by atoms with Crippen molar-refractivity contribution in [1.82, 2.24) is 0 Å². The van der Waals surface area contributed by atoms with Crippen molar-refractivity contribution >= 4 is 0 Å². The van der Waals surface area contributed by atoms with Crippen LogP contribution in [0.15, 0.2) is 15.3 Å². The molecule has 0 aromatic carbocycles. The number of ether oxygens (including phenoxy) is 9. The first kappa shape index (κ1) is 41.3. The SMILES string of the molecule is CC[C@@H](C)[C@H]1O[C@@H]2OC(C)(C)O[C@@H]2[C@H]1N=[N+]=[N-].CC[C@@H](C)[C@H]1O[C@@H]2OC(C)(C)O[C@@H]2[C@H]1N=[N+]=[N-].CC[C@H](C)[C@H]1O[C@@H]2OC(C)(C)O[C@@H]2[C@H]1N=[N+]=[N-]. The molecule has 0 aliphatic carbocycles. The van der Waals surface area contributed by atoms with Crippen LogP contribution in [0.5, 0.6) is 0 Å². The van der Waals surface area contributed by atoms with E-state index in [9.17, 15) is 0 Å². The minimum absolute atomic E-state index is 0.123. The summed E-state index contributed by atoms with van der Waals surface area (Å²) in [6.07, 6.45) is 0.394. The van der Waals surface area contributed by atoms with Gasteiger partial charge in [0.15, 0.2) is 36.2 Å². The molecular weight excluding hydrogens is 666 g/mol. The number of nitrogens with zero attached hydrogens (tertiary/aromatic N) is 9. The second-order valence-corrected chi connectivity index (χ2v) is 15.5. The van der Waals surface area contributed by atoms with Crippen molar-refractivity contribution in [3.05, 3.63) is 31.3 Å². The van der Waals surface area contributed by atoms with Gasteiger partial charge in [0, 0.05) is 14.7 Å². The van der Waals surface area contributed by atoms with Crippen LogP contribution in [0.4, 0.5) is 0 Å². The molecule has 0 spiro atoms. The number of hydrogen-bond donors (Lipinski definition) is 0. The van der Waals surface area contributed by atoms with E-state index in [0.717, 1.165) is 19.3 Å². The summed E-state index contributed by atoms with van der Waals surface area (Å²) < 4.78 is 51.7. The Hall–Kier alpha value is -2.43. The number of rotatable bonds is 9. The molecule has 6 aliphatic heterocycles. The minimum atomic E-state index is -0.668. The third kappa shape index (κ3) is 9.39. The standard InChI is InChI=1S/3C11H19N3O3/c3*1-5-6(2)8-7(13-14-12)9-10(15-8)17-11(3,4)16-9/h3*6-10H,5H2,1-4H3/t2*6-,7+,8-,9-,10-;6-,7-,8+,9+,10+/m110/s1. The Morgan fingerprint density at radius 3 is 0.902 bits per heavy atom. The lowest BCUT2D eigenvalue weighted by atomic mass is 9.95. The molecule has 0 saturated carbocycles. The summed E-state index contributed by atoms with van der Waals surface area (Å²) in [6, 6.07) is -0.912. The van der Waals surface area contributed by atoms with Gasteiger partial charge in [-0.3, -0.25) is 0 Å². The molecule has 18 heteroatoms. The molecule has 0 N–H and O–H groups in total. The van der Waals surface area contributed by atoms with Gasteiger partial charge >= 0.3 is 0 Å². The Labute approximate surface area is 300 Å². The molecule has 6 heterocycles. The number of fused-ring (bicyclic) bond motifs is 3. The molecule has 0 bridgehead atoms. The van der Waals surface area contributed by atoms with Crippen molar-refractivity contribution in [2.45, 2.75) is 193 Å². The van der Waals surface area contributed by atoms with E-state index in [0.29, 0.717) is 17.8 Å². The summed E-state index contributed by atoms with van der Waals surface area (Å²) in [5.74, 6) is -1.07. The molecule has 6 fully saturated rings. The van der Waals surface area contributed by atoms with Crippen LogP contribution in [-0.4, -0.2) is 91.0 Å². The molecule has 18 nitrogen and oxygen atoms in total. The Morgan fingerprint density at radius 1 is 0.471 bits per heavy atom. The van der Waals surface area contributed by atoms with E-state index in [1.54, 1.807) is 0 Å². The van der Waals surface area contributed by atoms with Crippen LogP contribution in [0.25, 0.3) is 31.3 Å². The quantitative estimate of drug-likeness (QED) is 0.128. The molecule has 0 aromatic rings. The Kier molecular flexibility index (Phi) is 13.5. The largest absolute Gasteiger partial charge is 0.346 e. The Balaban J connectivity index is 0.000000172. The Bertz CT molecular complexity index is 1180. The van der Waals surface area contributed by atoms with Crippen molar-refractivity contribution in [3.8, 4) is 0 Å². The van der Waals surface area contributed by atoms with E-state index in [1.807, 2.05) is 41.5 Å². The van der Waals surface area contributed by atoms with Crippen molar-refractivity contribution in [2.75, 3.05) is 0 Å². The lowest BCUT2D eigenvalue weighted by Gasteiger charge is -2.26. The molecule has 0 radical (unpaired) electrons. The van der Waals surface area contributed by atoms with Crippen LogP contribution in [0.2, 0.25) is 0 Å². The Morgan fingerprint density at radius 2 is 0.706 bits per heavy atom. The van der Waals surface area contributed by atoms with E-state index in [4.69, 9.17) is 59.2 Å². The maximum absolute atomic E-state index is 8.66. The minimum Gasteiger partial charge on any atom is -0.346 e. The zero-order valence-corrected chi connectivity index (χ0v) is 32.0. The van der Waals surface area contributed by atoms with Crippen molar-refractivity contribution < 1.29 is 42.6 Å². The number of azide groups is 3. The van der Waals surface area contributed by atoms with E-state index in [-0.39, 0.29) is 54.7 Å². The van der Waals surface area contributed by atoms with Gasteiger partial charge in [-0.05, 0) is 75.9 Å². The molecule has 288 valence electrons. The van der Waals surface area contributed by atoms with Gasteiger partial charge < -0.3 is 42.6 Å². The lowest BCUT2D eigenvalue weighted by molar-refractivity contribution is -0.211. The molecule has 0 aromatic heterocycles. The maximum atomic E-state index is 8.66. The summed E-state index contributed by atoms with van der Waals surface area (Å²) in [5, 5.41) is 11.5. The molecule has 6 saturated heterocycles. The van der Waals surface area contributed by atoms with E-state index < -0.39 is 36.2 Å². The van der Waals surface area contributed by atoms with Gasteiger partial charge in [0.1, 0.15) is 18.3 Å². The predicted molar refractivity (Wildman–Crippen MR) is 183 cm³/mol. The highest BCUT2D eigenvalue weighted by molar-refractivity contribution is 5.01. The van der Waals surface area contributed by atoms with Gasteiger partial charge in [-0.2, -0.15) is 0 Å². The first-order valence-electron chi connectivity index (χ1n) is 18.1. The van der Waals surface area contributed by atoms with Gasteiger partial charge in [0.2, 0.25) is 0 Å². The third-order valence-electron chi connectivity index (χ3n) is 10.3. The van der Waals surface area contributed by atoms with Crippen LogP contribution >= 0.6 is 0 Å². The summed E-state index contributed by atoms with van der Waals surface area (Å²) in [7, 11) is 0. The fourth-order valence-corrected chi connectivity index (χ4v) is 7.23. The molecule has 6 rings (SSSR count). The zero-order chi connectivity index (χ0) is 37.9. The summed E-state index contributed by atoms with van der Waals surface area (Å²) in [4.78, 5) is 8.71. The molecule has 0 unspecified atom stereocenters. The monoisotopic (exact) mass is 723 g/mol. The average Bonchev–Trinajstić information content (AvgIpc) is 3.87. The molecule has 51 heavy (non-hydrogen) atoms. The topological polar surface area (TPSA) is 229 Å². The van der Waals surface area contributed by atoms with Crippen LogP contribution < -0.4 is 0 Å². The maximum Gasteiger partial charge on any atom is 0.187 e. The fraction of sp³-hybridized carbons (Fsp3) is 1.00. The van der Waals surface area contributed by atoms with E-state index in [1.165, 1.54) is 0 Å². The normalized spacial score (nSPS) is 40.7. The van der Waals surface area contributed by atoms with Gasteiger partial charge in [0.25, 0.3) is 0 Å². The van der Waals surface area contributed by atoms with Crippen LogP contribution in [-0.2, 0) is 42.6 Å². The highest BCUT2D eigenvalue weighted by atomic mass is 16.8. The summed E-state index contributed by atoms with van der Waals surface area (Å²) in [5.41, 5.74) is 26.0. The van der Waals surface area contributed by atoms with Crippen LogP contribution in [0, 0.1) is 17.8 Å². The summed E-state index contributed by atoms with van der Waals surface area (Å²) in [6.45, 7) is 23.5. The van der Waals surface area contributed by atoms with Crippen molar-refractivity contribution in [2.24, 2.45) is 33.1 Å². The molecule has 15 atom stereocenters. The van der Waals surface area contributed by atoms with Crippen LogP contribution in [0.3, 0.4) is 0 Å². The summed E-state index contributed by atoms with van der Waals surface area (Å²) >= 11 is 0. The molecule has 6 aliphatic rings. The van der Waals surface area contributed by atoms with Crippen LogP contribution in [0.1, 0.15) is 102 Å². The van der Waals surface area contributed by atoms with E-state index in [2.05, 4.69) is 71.6 Å². The number of hydrogen-bond acceptors (Lipinski definition) is 12. The third-order valence-corrected chi connectivity index (χ3v) is 10.3. The second kappa shape index (κ2) is 16.7. The van der Waals surface area contributed by atoms with Gasteiger partial charge in [0.05, 0.1) is 36.4 Å². The first-order valence-corrected chi connectivity index (χ1v) is 18.1. The second-order valence-electron chi connectivity index (χ2n) is 15.5. The molecule has 0 amide bonds.